The topological polar surface area (TPSA) is 68.8 Å². The van der Waals surface area contributed by atoms with Crippen LogP contribution in [0.5, 0.6) is 0 Å². The van der Waals surface area contributed by atoms with Crippen LogP contribution in [0.3, 0.4) is 0 Å². The second-order valence-corrected chi connectivity index (χ2v) is 6.27. The van der Waals surface area contributed by atoms with Gasteiger partial charge in [0.2, 0.25) is 0 Å². The molecule has 0 unspecified atom stereocenters. The van der Waals surface area contributed by atoms with Crippen LogP contribution in [0, 0.1) is 6.92 Å². The Bertz CT molecular complexity index is 801. The Kier molecular flexibility index (Phi) is 5.00. The Hall–Kier alpha value is -1.83. The van der Waals surface area contributed by atoms with Crippen LogP contribution < -0.4 is 5.32 Å². The lowest BCUT2D eigenvalue weighted by molar-refractivity contribution is 0.521. The molecule has 0 spiro atoms. The molecule has 0 aliphatic heterocycles. The smallest absolute Gasteiger partial charge is 0.196 e. The summed E-state index contributed by atoms with van der Waals surface area (Å²) in [5, 5.41) is 13.1. The summed E-state index contributed by atoms with van der Waals surface area (Å²) in [5.74, 6) is 2.15. The van der Waals surface area contributed by atoms with Gasteiger partial charge in [-0.05, 0) is 25.2 Å². The number of hydrogen-bond acceptors (Lipinski definition) is 6. The van der Waals surface area contributed by atoms with E-state index in [1.165, 1.54) is 0 Å². The number of benzene rings is 1. The van der Waals surface area contributed by atoms with Crippen molar-refractivity contribution in [1.29, 1.82) is 0 Å². The summed E-state index contributed by atoms with van der Waals surface area (Å²) in [6, 6.07) is 7.64. The molecule has 0 atom stereocenters. The molecule has 2 heterocycles. The largest absolute Gasteiger partial charge is 0.449 e. The summed E-state index contributed by atoms with van der Waals surface area (Å²) in [4.78, 5) is 4.31. The lowest BCUT2D eigenvalue weighted by Gasteiger charge is -2.10. The molecule has 1 N–H and O–H groups in total. The summed E-state index contributed by atoms with van der Waals surface area (Å²) in [5.41, 5.74) is 1.81. The van der Waals surface area contributed by atoms with Crippen molar-refractivity contribution in [2.75, 3.05) is 7.05 Å². The fraction of sp³-hybridized carbons (Fsp3) is 0.267. The number of rotatable bonds is 6. The molecule has 0 saturated carbocycles. The van der Waals surface area contributed by atoms with Gasteiger partial charge in [0.25, 0.3) is 0 Å². The molecule has 1 aromatic carbocycles. The van der Waals surface area contributed by atoms with E-state index in [2.05, 4.69) is 20.5 Å². The van der Waals surface area contributed by atoms with Crippen molar-refractivity contribution in [2.45, 2.75) is 24.4 Å². The molecule has 120 valence electrons. The summed E-state index contributed by atoms with van der Waals surface area (Å²) >= 11 is 7.68. The predicted molar refractivity (Wildman–Crippen MR) is 89.9 cm³/mol. The number of thioether (sulfide) groups is 1. The second kappa shape index (κ2) is 7.16. The molecule has 8 heteroatoms. The van der Waals surface area contributed by atoms with E-state index in [4.69, 9.17) is 16.0 Å². The van der Waals surface area contributed by atoms with E-state index < -0.39 is 0 Å². The van der Waals surface area contributed by atoms with Crippen molar-refractivity contribution < 1.29 is 4.42 Å². The highest BCUT2D eigenvalue weighted by Gasteiger charge is 2.15. The van der Waals surface area contributed by atoms with Gasteiger partial charge in [0.15, 0.2) is 16.9 Å². The van der Waals surface area contributed by atoms with Crippen LogP contribution in [0.15, 0.2) is 40.1 Å². The van der Waals surface area contributed by atoms with Crippen LogP contribution in [0.2, 0.25) is 5.02 Å². The van der Waals surface area contributed by atoms with Crippen molar-refractivity contribution in [1.82, 2.24) is 25.1 Å². The Morgan fingerprint density at radius 3 is 2.91 bits per heavy atom. The highest BCUT2D eigenvalue weighted by Crippen LogP contribution is 2.26. The van der Waals surface area contributed by atoms with Crippen molar-refractivity contribution in [2.24, 2.45) is 0 Å². The predicted octanol–water partition coefficient (Wildman–Crippen LogP) is 3.23. The van der Waals surface area contributed by atoms with Crippen LogP contribution in [0.1, 0.15) is 17.4 Å². The van der Waals surface area contributed by atoms with Gasteiger partial charge in [0.1, 0.15) is 6.26 Å². The van der Waals surface area contributed by atoms with Gasteiger partial charge in [0.05, 0.1) is 17.9 Å². The number of hydrogen-bond donors (Lipinski definition) is 1. The van der Waals surface area contributed by atoms with E-state index in [1.54, 1.807) is 18.0 Å². The molecule has 0 radical (unpaired) electrons. The first-order valence-electron chi connectivity index (χ1n) is 7.06. The Balaban J connectivity index is 1.90. The lowest BCUT2D eigenvalue weighted by Crippen LogP contribution is -2.12. The number of aromatic nitrogens is 4. The number of aryl methyl sites for hydroxylation is 1. The molecule has 23 heavy (non-hydrogen) atoms. The zero-order valence-electron chi connectivity index (χ0n) is 12.8. The number of nitrogens with zero attached hydrogens (tertiary/aromatic N) is 4. The van der Waals surface area contributed by atoms with Gasteiger partial charge in [-0.1, -0.05) is 29.4 Å². The van der Waals surface area contributed by atoms with E-state index >= 15 is 0 Å². The van der Waals surface area contributed by atoms with E-state index in [9.17, 15) is 0 Å². The highest BCUT2D eigenvalue weighted by atomic mass is 35.5. The second-order valence-electron chi connectivity index (χ2n) is 4.89. The Labute approximate surface area is 143 Å². The van der Waals surface area contributed by atoms with Crippen LogP contribution in [-0.2, 0) is 12.3 Å². The molecule has 0 saturated heterocycles. The fourth-order valence-corrected chi connectivity index (χ4v) is 3.19. The molecular formula is C15H16ClN5OS. The number of oxazole rings is 1. The van der Waals surface area contributed by atoms with Crippen LogP contribution >= 0.6 is 23.4 Å². The van der Waals surface area contributed by atoms with Crippen molar-refractivity contribution in [3.63, 3.8) is 0 Å². The summed E-state index contributed by atoms with van der Waals surface area (Å²) < 4.78 is 7.23. The van der Waals surface area contributed by atoms with Crippen molar-refractivity contribution >= 4 is 23.4 Å². The zero-order chi connectivity index (χ0) is 16.2. The maximum Gasteiger partial charge on any atom is 0.196 e. The third kappa shape index (κ3) is 3.74. The third-order valence-corrected chi connectivity index (χ3v) is 4.32. The monoisotopic (exact) mass is 349 g/mol. The third-order valence-electron chi connectivity index (χ3n) is 3.12. The molecule has 0 aliphatic rings. The SMILES string of the molecule is CNCc1nnc(SCc2coc(C)n2)n1-c1cccc(Cl)c1. The van der Waals surface area contributed by atoms with Gasteiger partial charge in [-0.25, -0.2) is 4.98 Å². The first-order chi connectivity index (χ1) is 11.2. The first-order valence-corrected chi connectivity index (χ1v) is 8.42. The quantitative estimate of drug-likeness (QED) is 0.689. The minimum absolute atomic E-state index is 0.614. The normalized spacial score (nSPS) is 11.1. The Morgan fingerprint density at radius 2 is 2.22 bits per heavy atom. The molecule has 0 fully saturated rings. The van der Waals surface area contributed by atoms with E-state index in [1.807, 2.05) is 42.8 Å². The molecular weight excluding hydrogens is 334 g/mol. The van der Waals surface area contributed by atoms with Gasteiger partial charge in [-0.3, -0.25) is 4.57 Å². The summed E-state index contributed by atoms with van der Waals surface area (Å²) in [6.07, 6.45) is 1.66. The minimum atomic E-state index is 0.614. The maximum atomic E-state index is 6.12. The molecule has 0 bridgehead atoms. The maximum absolute atomic E-state index is 6.12. The first kappa shape index (κ1) is 16.0. The summed E-state index contributed by atoms with van der Waals surface area (Å²) in [7, 11) is 1.88. The number of nitrogens with one attached hydrogen (secondary N) is 1. The van der Waals surface area contributed by atoms with Crippen LogP contribution in [-0.4, -0.2) is 26.8 Å². The van der Waals surface area contributed by atoms with Crippen molar-refractivity contribution in [3.05, 3.63) is 53.0 Å². The molecule has 3 aromatic rings. The van der Waals surface area contributed by atoms with Crippen LogP contribution in [0.4, 0.5) is 0 Å². The standard InChI is InChI=1S/C15H16ClN5OS/c1-10-18-12(8-22-10)9-23-15-20-19-14(7-17-2)21(15)13-5-3-4-11(16)6-13/h3-6,8,17H,7,9H2,1-2H3. The van der Waals surface area contributed by atoms with Crippen molar-refractivity contribution in [3.8, 4) is 5.69 Å². The van der Waals surface area contributed by atoms with E-state index in [-0.39, 0.29) is 0 Å². The average Bonchev–Trinajstić information content (AvgIpc) is 3.12. The van der Waals surface area contributed by atoms with E-state index in [0.29, 0.717) is 23.2 Å². The van der Waals surface area contributed by atoms with Gasteiger partial charge in [-0.15, -0.1) is 10.2 Å². The van der Waals surface area contributed by atoms with Gasteiger partial charge in [0, 0.05) is 17.7 Å². The molecule has 6 nitrogen and oxygen atoms in total. The van der Waals surface area contributed by atoms with Gasteiger partial charge in [-0.2, -0.15) is 0 Å². The Morgan fingerprint density at radius 1 is 1.35 bits per heavy atom. The van der Waals surface area contributed by atoms with Crippen LogP contribution in [0.25, 0.3) is 5.69 Å². The zero-order valence-corrected chi connectivity index (χ0v) is 14.4. The summed E-state index contributed by atoms with van der Waals surface area (Å²) in [6.45, 7) is 2.44. The fourth-order valence-electron chi connectivity index (χ4n) is 2.15. The van der Waals surface area contributed by atoms with E-state index in [0.717, 1.165) is 22.4 Å². The molecule has 0 amide bonds. The average molecular weight is 350 g/mol. The van der Waals surface area contributed by atoms with Gasteiger partial charge < -0.3 is 9.73 Å². The molecule has 3 rings (SSSR count). The molecule has 2 aromatic heterocycles. The lowest BCUT2D eigenvalue weighted by atomic mass is 10.3. The van der Waals surface area contributed by atoms with Gasteiger partial charge >= 0.3 is 0 Å². The highest BCUT2D eigenvalue weighted by molar-refractivity contribution is 7.98. The molecule has 0 aliphatic carbocycles. The number of halogens is 1. The minimum Gasteiger partial charge on any atom is -0.449 e.